The molecule has 0 radical (unpaired) electrons. The van der Waals surface area contributed by atoms with Crippen LogP contribution in [-0.4, -0.2) is 10.5 Å². The van der Waals surface area contributed by atoms with Crippen LogP contribution in [0.2, 0.25) is 0 Å². The van der Waals surface area contributed by atoms with Gasteiger partial charge in [0.25, 0.3) is 0 Å². The predicted molar refractivity (Wildman–Crippen MR) is 92.8 cm³/mol. The molecular formula is C16H22BrIO. The van der Waals surface area contributed by atoms with Crippen molar-refractivity contribution in [2.45, 2.75) is 45.3 Å². The maximum Gasteiger partial charge on any atom is 0.0918 e. The van der Waals surface area contributed by atoms with Crippen molar-refractivity contribution in [1.82, 2.24) is 0 Å². The lowest BCUT2D eigenvalue weighted by Gasteiger charge is -2.33. The third-order valence-electron chi connectivity index (χ3n) is 3.87. The second kappa shape index (κ2) is 7.41. The summed E-state index contributed by atoms with van der Waals surface area (Å²) in [6, 6.07) is 8.54. The van der Waals surface area contributed by atoms with Crippen LogP contribution in [0.25, 0.3) is 0 Å². The maximum absolute atomic E-state index is 6.38. The second-order valence-corrected chi connectivity index (χ2v) is 7.67. The van der Waals surface area contributed by atoms with Crippen LogP contribution in [-0.2, 0) is 4.74 Å². The van der Waals surface area contributed by atoms with E-state index < -0.39 is 0 Å². The highest BCUT2D eigenvalue weighted by molar-refractivity contribution is 14.1. The lowest BCUT2D eigenvalue weighted by molar-refractivity contribution is -0.0394. The van der Waals surface area contributed by atoms with Gasteiger partial charge in [-0.05, 0) is 48.8 Å². The molecule has 1 aromatic rings. The van der Waals surface area contributed by atoms with Crippen LogP contribution in [0.15, 0.2) is 28.7 Å². The van der Waals surface area contributed by atoms with E-state index in [1.165, 1.54) is 24.8 Å². The first-order valence-electron chi connectivity index (χ1n) is 7.05. The first kappa shape index (κ1) is 15.8. The zero-order valence-electron chi connectivity index (χ0n) is 11.6. The van der Waals surface area contributed by atoms with E-state index in [2.05, 4.69) is 76.6 Å². The minimum Gasteiger partial charge on any atom is -0.369 e. The molecule has 1 aliphatic carbocycles. The summed E-state index contributed by atoms with van der Waals surface area (Å²) in [6.45, 7) is 4.70. The van der Waals surface area contributed by atoms with E-state index in [0.717, 1.165) is 20.7 Å². The second-order valence-electron chi connectivity index (χ2n) is 5.87. The van der Waals surface area contributed by atoms with E-state index in [9.17, 15) is 0 Å². The van der Waals surface area contributed by atoms with E-state index >= 15 is 0 Å². The summed E-state index contributed by atoms with van der Waals surface area (Å²) < 4.78 is 8.53. The van der Waals surface area contributed by atoms with Gasteiger partial charge in [-0.2, -0.15) is 0 Å². The number of halogens is 2. The summed E-state index contributed by atoms with van der Waals surface area (Å²) in [6.07, 6.45) is 4.45. The van der Waals surface area contributed by atoms with Crippen molar-refractivity contribution in [1.29, 1.82) is 0 Å². The Morgan fingerprint density at radius 3 is 2.26 bits per heavy atom. The Kier molecular flexibility index (Phi) is 6.15. The number of hydrogen-bond donors (Lipinski definition) is 0. The van der Waals surface area contributed by atoms with Crippen LogP contribution in [0.4, 0.5) is 0 Å². The topological polar surface area (TPSA) is 9.23 Å². The molecule has 1 aromatic carbocycles. The van der Waals surface area contributed by atoms with Gasteiger partial charge < -0.3 is 4.74 Å². The van der Waals surface area contributed by atoms with Crippen molar-refractivity contribution < 1.29 is 4.74 Å². The van der Waals surface area contributed by atoms with Gasteiger partial charge in [-0.25, -0.2) is 0 Å². The largest absolute Gasteiger partial charge is 0.369 e. The highest BCUT2D eigenvalue weighted by atomic mass is 127. The van der Waals surface area contributed by atoms with Crippen LogP contribution >= 0.6 is 38.5 Å². The van der Waals surface area contributed by atoms with Crippen molar-refractivity contribution in [3.05, 3.63) is 34.3 Å². The summed E-state index contributed by atoms with van der Waals surface area (Å²) in [5.74, 6) is 1.60. The molecule has 0 spiro atoms. The summed E-state index contributed by atoms with van der Waals surface area (Å²) >= 11 is 5.92. The molecule has 0 N–H and O–H groups in total. The van der Waals surface area contributed by atoms with Gasteiger partial charge in [0.15, 0.2) is 0 Å². The van der Waals surface area contributed by atoms with E-state index in [-0.39, 0.29) is 6.10 Å². The number of benzene rings is 1. The smallest absolute Gasteiger partial charge is 0.0918 e. The minimum absolute atomic E-state index is 0.233. The molecule has 1 saturated carbocycles. The van der Waals surface area contributed by atoms with E-state index in [0.29, 0.717) is 6.10 Å². The van der Waals surface area contributed by atoms with Crippen molar-refractivity contribution in [2.75, 3.05) is 4.43 Å². The zero-order valence-corrected chi connectivity index (χ0v) is 15.4. The van der Waals surface area contributed by atoms with Gasteiger partial charge in [-0.1, -0.05) is 64.5 Å². The molecule has 0 aliphatic heterocycles. The number of rotatable bonds is 4. The van der Waals surface area contributed by atoms with Crippen molar-refractivity contribution in [2.24, 2.45) is 11.8 Å². The Morgan fingerprint density at radius 1 is 1.16 bits per heavy atom. The van der Waals surface area contributed by atoms with Crippen LogP contribution in [0.1, 0.15) is 44.8 Å². The normalized spacial score (nSPS) is 29.2. The van der Waals surface area contributed by atoms with Gasteiger partial charge in [0.1, 0.15) is 0 Å². The average Bonchev–Trinajstić information content (AvgIpc) is 2.36. The van der Waals surface area contributed by atoms with Crippen LogP contribution in [0.5, 0.6) is 0 Å². The van der Waals surface area contributed by atoms with Gasteiger partial charge >= 0.3 is 0 Å². The molecular weight excluding hydrogens is 415 g/mol. The van der Waals surface area contributed by atoms with Gasteiger partial charge in [-0.15, -0.1) is 0 Å². The molecule has 2 rings (SSSR count). The fraction of sp³-hybridized carbons (Fsp3) is 0.625. The quantitative estimate of drug-likeness (QED) is 0.430. The summed E-state index contributed by atoms with van der Waals surface area (Å²) in [5.41, 5.74) is 1.29. The monoisotopic (exact) mass is 436 g/mol. The molecule has 1 aliphatic rings. The summed E-state index contributed by atoms with van der Waals surface area (Å²) in [5, 5.41) is 0. The van der Waals surface area contributed by atoms with Crippen molar-refractivity contribution in [3.8, 4) is 0 Å². The van der Waals surface area contributed by atoms with E-state index in [4.69, 9.17) is 4.74 Å². The molecule has 0 heterocycles. The Hall–Kier alpha value is 0.390. The Bertz CT molecular complexity index is 382. The highest BCUT2D eigenvalue weighted by Crippen LogP contribution is 2.34. The molecule has 3 heteroatoms. The van der Waals surface area contributed by atoms with E-state index in [1.807, 2.05) is 0 Å². The Labute approximate surface area is 138 Å². The summed E-state index contributed by atoms with van der Waals surface area (Å²) in [4.78, 5) is 0. The Balaban J connectivity index is 2.00. The standard InChI is InChI=1S/C16H22BrIO/c1-11-7-12(2)9-15(8-11)19-16(10-18)13-3-5-14(17)6-4-13/h3-6,11-12,15-16H,7-10H2,1-2H3. The van der Waals surface area contributed by atoms with Crippen LogP contribution in [0, 0.1) is 11.8 Å². The number of ether oxygens (including phenoxy) is 1. The van der Waals surface area contributed by atoms with E-state index in [1.54, 1.807) is 0 Å². The van der Waals surface area contributed by atoms with Crippen molar-refractivity contribution in [3.63, 3.8) is 0 Å². The first-order valence-corrected chi connectivity index (χ1v) is 9.37. The molecule has 0 saturated heterocycles. The van der Waals surface area contributed by atoms with Gasteiger partial charge in [0.05, 0.1) is 12.2 Å². The van der Waals surface area contributed by atoms with Crippen molar-refractivity contribution >= 4 is 38.5 Å². The van der Waals surface area contributed by atoms with Gasteiger partial charge in [0.2, 0.25) is 0 Å². The molecule has 1 nitrogen and oxygen atoms in total. The molecule has 0 amide bonds. The fourth-order valence-corrected chi connectivity index (χ4v) is 4.08. The SMILES string of the molecule is CC1CC(C)CC(OC(CI)c2ccc(Br)cc2)C1. The molecule has 3 unspecified atom stereocenters. The number of hydrogen-bond acceptors (Lipinski definition) is 1. The first-order chi connectivity index (χ1) is 9.08. The van der Waals surface area contributed by atoms with Gasteiger partial charge in [-0.3, -0.25) is 0 Å². The third-order valence-corrected chi connectivity index (χ3v) is 5.20. The predicted octanol–water partition coefficient (Wildman–Crippen LogP) is 5.77. The molecule has 106 valence electrons. The zero-order chi connectivity index (χ0) is 13.8. The third kappa shape index (κ3) is 4.71. The van der Waals surface area contributed by atoms with Crippen LogP contribution in [0.3, 0.4) is 0 Å². The summed E-state index contributed by atoms with van der Waals surface area (Å²) in [7, 11) is 0. The maximum atomic E-state index is 6.38. The lowest BCUT2D eigenvalue weighted by atomic mass is 9.81. The molecule has 0 bridgehead atoms. The molecule has 3 atom stereocenters. The molecule has 1 fully saturated rings. The minimum atomic E-state index is 0.233. The highest BCUT2D eigenvalue weighted by Gasteiger charge is 2.26. The van der Waals surface area contributed by atoms with Gasteiger partial charge in [0, 0.05) is 8.90 Å². The fourth-order valence-electron chi connectivity index (χ4n) is 3.10. The van der Waals surface area contributed by atoms with Crippen LogP contribution < -0.4 is 0 Å². The Morgan fingerprint density at radius 2 is 1.74 bits per heavy atom. The lowest BCUT2D eigenvalue weighted by Crippen LogP contribution is -2.28. The number of alkyl halides is 1. The molecule has 0 aromatic heterocycles. The molecule has 19 heavy (non-hydrogen) atoms. The average molecular weight is 437 g/mol.